The van der Waals surface area contributed by atoms with Crippen molar-refractivity contribution in [2.45, 2.75) is 37.7 Å². The van der Waals surface area contributed by atoms with Gasteiger partial charge in [0.15, 0.2) is 0 Å². The van der Waals surface area contributed by atoms with Gasteiger partial charge in [0.1, 0.15) is 5.76 Å². The summed E-state index contributed by atoms with van der Waals surface area (Å²) in [7, 11) is 0. The molecule has 0 bridgehead atoms. The average Bonchev–Trinajstić information content (AvgIpc) is 2.86. The molecule has 2 aromatic heterocycles. The van der Waals surface area contributed by atoms with Crippen molar-refractivity contribution in [2.75, 3.05) is 0 Å². The number of rotatable bonds is 4. The Kier molecular flexibility index (Phi) is 3.94. The molecular weight excluding hydrogens is 250 g/mol. The number of aromatic nitrogens is 1. The van der Waals surface area contributed by atoms with Crippen LogP contribution in [0.2, 0.25) is 0 Å². The second-order valence-electron chi connectivity index (χ2n) is 4.97. The van der Waals surface area contributed by atoms with E-state index >= 15 is 0 Å². The molecule has 17 heavy (non-hydrogen) atoms. The zero-order valence-corrected chi connectivity index (χ0v) is 12.0. The predicted molar refractivity (Wildman–Crippen MR) is 74.5 cm³/mol. The number of nitrogens with zero attached hydrogens (tertiary/aromatic N) is 1. The smallest absolute Gasteiger partial charge is 0.113 e. The summed E-state index contributed by atoms with van der Waals surface area (Å²) in [5.41, 5.74) is 1.34. The van der Waals surface area contributed by atoms with Crippen LogP contribution in [0, 0.1) is 0 Å². The molecule has 0 saturated carbocycles. The van der Waals surface area contributed by atoms with Crippen molar-refractivity contribution in [3.63, 3.8) is 0 Å². The lowest BCUT2D eigenvalue weighted by Crippen LogP contribution is -2.10. The quantitative estimate of drug-likeness (QED) is 0.817. The molecule has 0 amide bonds. The zero-order valence-electron chi connectivity index (χ0n) is 10.4. The standard InChI is InChI=1S/C13H17NOS2/c1-13(2,3)12-14-10(8-17-12)7-16-9-11-5-4-6-15-11/h4-6,8H,7,9H2,1-3H3. The Morgan fingerprint density at radius 2 is 2.18 bits per heavy atom. The Balaban J connectivity index is 1.85. The first-order valence-electron chi connectivity index (χ1n) is 5.61. The lowest BCUT2D eigenvalue weighted by Gasteiger charge is -2.13. The van der Waals surface area contributed by atoms with E-state index in [0.717, 1.165) is 17.3 Å². The van der Waals surface area contributed by atoms with E-state index in [1.54, 1.807) is 17.6 Å². The maximum absolute atomic E-state index is 5.29. The highest BCUT2D eigenvalue weighted by molar-refractivity contribution is 7.97. The Hall–Kier alpha value is -0.740. The normalized spacial score (nSPS) is 11.9. The van der Waals surface area contributed by atoms with Gasteiger partial charge in [-0.3, -0.25) is 0 Å². The molecule has 2 nitrogen and oxygen atoms in total. The van der Waals surface area contributed by atoms with Crippen molar-refractivity contribution >= 4 is 23.1 Å². The molecule has 0 radical (unpaired) electrons. The van der Waals surface area contributed by atoms with Gasteiger partial charge in [-0.2, -0.15) is 0 Å². The van der Waals surface area contributed by atoms with Crippen molar-refractivity contribution in [3.8, 4) is 0 Å². The molecular formula is C13H17NOS2. The largest absolute Gasteiger partial charge is 0.468 e. The molecule has 2 heterocycles. The van der Waals surface area contributed by atoms with E-state index < -0.39 is 0 Å². The van der Waals surface area contributed by atoms with Gasteiger partial charge in [-0.05, 0) is 12.1 Å². The topological polar surface area (TPSA) is 26.0 Å². The van der Waals surface area contributed by atoms with Crippen LogP contribution in [-0.2, 0) is 16.9 Å². The lowest BCUT2D eigenvalue weighted by molar-refractivity contribution is 0.530. The monoisotopic (exact) mass is 267 g/mol. The first-order chi connectivity index (χ1) is 8.05. The van der Waals surface area contributed by atoms with E-state index in [2.05, 4.69) is 31.1 Å². The first kappa shape index (κ1) is 12.7. The second-order valence-corrected chi connectivity index (χ2v) is 6.81. The minimum Gasteiger partial charge on any atom is -0.468 e. The average molecular weight is 267 g/mol. The third kappa shape index (κ3) is 3.61. The van der Waals surface area contributed by atoms with E-state index in [-0.39, 0.29) is 5.41 Å². The van der Waals surface area contributed by atoms with E-state index in [9.17, 15) is 0 Å². The molecule has 0 N–H and O–H groups in total. The number of thioether (sulfide) groups is 1. The van der Waals surface area contributed by atoms with E-state index in [4.69, 9.17) is 4.42 Å². The van der Waals surface area contributed by atoms with Gasteiger partial charge in [0.2, 0.25) is 0 Å². The van der Waals surface area contributed by atoms with Crippen LogP contribution in [0.25, 0.3) is 0 Å². The number of hydrogen-bond donors (Lipinski definition) is 0. The van der Waals surface area contributed by atoms with Crippen LogP contribution in [-0.4, -0.2) is 4.98 Å². The predicted octanol–water partition coefficient (Wildman–Crippen LogP) is 4.47. The van der Waals surface area contributed by atoms with Crippen LogP contribution in [0.5, 0.6) is 0 Å². The van der Waals surface area contributed by atoms with Crippen LogP contribution in [0.4, 0.5) is 0 Å². The van der Waals surface area contributed by atoms with Gasteiger partial charge >= 0.3 is 0 Å². The number of thiazole rings is 1. The fraction of sp³-hybridized carbons (Fsp3) is 0.462. The fourth-order valence-electron chi connectivity index (χ4n) is 1.37. The fourth-order valence-corrected chi connectivity index (χ4v) is 3.21. The Bertz CT molecular complexity index is 454. The van der Waals surface area contributed by atoms with Crippen LogP contribution in [0.1, 0.15) is 37.2 Å². The van der Waals surface area contributed by atoms with Crippen LogP contribution >= 0.6 is 23.1 Å². The van der Waals surface area contributed by atoms with Crippen molar-refractivity contribution < 1.29 is 4.42 Å². The molecule has 0 atom stereocenters. The van der Waals surface area contributed by atoms with Crippen LogP contribution in [0.15, 0.2) is 28.2 Å². The molecule has 0 saturated heterocycles. The summed E-state index contributed by atoms with van der Waals surface area (Å²) >= 11 is 3.59. The number of furan rings is 1. The highest BCUT2D eigenvalue weighted by Gasteiger charge is 2.17. The third-order valence-corrected chi connectivity index (χ3v) is 4.57. The molecule has 2 aromatic rings. The summed E-state index contributed by atoms with van der Waals surface area (Å²) in [4.78, 5) is 4.67. The van der Waals surface area contributed by atoms with Crippen molar-refractivity contribution in [3.05, 3.63) is 40.2 Å². The molecule has 2 rings (SSSR count). The summed E-state index contributed by atoms with van der Waals surface area (Å²) in [5, 5.41) is 3.38. The highest BCUT2D eigenvalue weighted by Crippen LogP contribution is 2.27. The Morgan fingerprint density at radius 1 is 1.35 bits per heavy atom. The van der Waals surface area contributed by atoms with E-state index in [1.165, 1.54) is 10.7 Å². The van der Waals surface area contributed by atoms with Gasteiger partial charge in [-0.15, -0.1) is 23.1 Å². The van der Waals surface area contributed by atoms with E-state index in [1.807, 2.05) is 23.9 Å². The Morgan fingerprint density at radius 3 is 2.76 bits per heavy atom. The van der Waals surface area contributed by atoms with Crippen LogP contribution in [0.3, 0.4) is 0 Å². The van der Waals surface area contributed by atoms with Gasteiger partial charge in [0.05, 0.1) is 22.7 Å². The van der Waals surface area contributed by atoms with Gasteiger partial charge in [0, 0.05) is 16.5 Å². The first-order valence-corrected chi connectivity index (χ1v) is 7.64. The van der Waals surface area contributed by atoms with Crippen molar-refractivity contribution in [2.24, 2.45) is 0 Å². The third-order valence-electron chi connectivity index (χ3n) is 2.27. The van der Waals surface area contributed by atoms with Gasteiger partial charge < -0.3 is 4.42 Å². The molecule has 0 aliphatic heterocycles. The lowest BCUT2D eigenvalue weighted by atomic mass is 9.98. The summed E-state index contributed by atoms with van der Waals surface area (Å²) in [6.45, 7) is 6.60. The molecule has 0 fully saturated rings. The minimum atomic E-state index is 0.161. The Labute approximate surface area is 110 Å². The van der Waals surface area contributed by atoms with Gasteiger partial charge in [0.25, 0.3) is 0 Å². The molecule has 0 aromatic carbocycles. The number of hydrogen-bond acceptors (Lipinski definition) is 4. The van der Waals surface area contributed by atoms with Gasteiger partial charge in [-0.25, -0.2) is 4.98 Å². The second kappa shape index (κ2) is 5.27. The summed E-state index contributed by atoms with van der Waals surface area (Å²) in [6, 6.07) is 3.94. The molecule has 0 aliphatic carbocycles. The zero-order chi connectivity index (χ0) is 12.3. The van der Waals surface area contributed by atoms with Crippen molar-refractivity contribution in [1.29, 1.82) is 0 Å². The maximum Gasteiger partial charge on any atom is 0.113 e. The highest BCUT2D eigenvalue weighted by atomic mass is 32.2. The van der Waals surface area contributed by atoms with Crippen LogP contribution < -0.4 is 0 Å². The molecule has 0 unspecified atom stereocenters. The van der Waals surface area contributed by atoms with Gasteiger partial charge in [-0.1, -0.05) is 20.8 Å². The summed E-state index contributed by atoms with van der Waals surface area (Å²) in [5.74, 6) is 2.89. The SMILES string of the molecule is CC(C)(C)c1nc(CSCc2ccco2)cs1. The maximum atomic E-state index is 5.29. The van der Waals surface area contributed by atoms with E-state index in [0.29, 0.717) is 0 Å². The summed E-state index contributed by atoms with van der Waals surface area (Å²) in [6.07, 6.45) is 1.72. The molecule has 0 spiro atoms. The van der Waals surface area contributed by atoms with Crippen molar-refractivity contribution in [1.82, 2.24) is 4.98 Å². The minimum absolute atomic E-state index is 0.161. The molecule has 0 aliphatic rings. The summed E-state index contributed by atoms with van der Waals surface area (Å²) < 4.78 is 5.29. The molecule has 92 valence electrons. The molecule has 4 heteroatoms.